The zero-order valence-electron chi connectivity index (χ0n) is 13.9. The van der Waals surface area contributed by atoms with Crippen molar-refractivity contribution < 1.29 is 20.0 Å². The van der Waals surface area contributed by atoms with Crippen molar-refractivity contribution in [1.29, 1.82) is 0 Å². The van der Waals surface area contributed by atoms with Gasteiger partial charge in [0.2, 0.25) is 5.76 Å². The van der Waals surface area contributed by atoms with E-state index in [1.807, 2.05) is 6.08 Å². The molecule has 0 atom stereocenters. The van der Waals surface area contributed by atoms with Gasteiger partial charge >= 0.3 is 5.97 Å². The molecular formula is C18H32O4. The smallest absolute Gasteiger partial charge is 0.375 e. The van der Waals surface area contributed by atoms with Gasteiger partial charge in [0.1, 0.15) is 0 Å². The van der Waals surface area contributed by atoms with E-state index in [4.69, 9.17) is 10.4 Å². The van der Waals surface area contributed by atoms with Gasteiger partial charge in [-0.2, -0.15) is 0 Å². The van der Waals surface area contributed by atoms with Crippen molar-refractivity contribution in [2.45, 2.75) is 84.0 Å². The molecule has 0 saturated carbocycles. The molecule has 0 aliphatic rings. The summed E-state index contributed by atoms with van der Waals surface area (Å²) >= 11 is 0. The van der Waals surface area contributed by atoms with Gasteiger partial charge in [0, 0.05) is 0 Å². The largest absolute Gasteiger partial charge is 0.475 e. The fraction of sp³-hybridized carbons (Fsp3) is 0.722. The monoisotopic (exact) mass is 312 g/mol. The number of hydrogen-bond acceptors (Lipinski definition) is 3. The van der Waals surface area contributed by atoms with Crippen LogP contribution in [0.25, 0.3) is 0 Å². The van der Waals surface area contributed by atoms with Gasteiger partial charge in [0.05, 0.1) is 0 Å². The van der Waals surface area contributed by atoms with Crippen molar-refractivity contribution in [2.24, 2.45) is 0 Å². The van der Waals surface area contributed by atoms with Crippen molar-refractivity contribution in [3.05, 3.63) is 24.0 Å². The summed E-state index contributed by atoms with van der Waals surface area (Å²) in [6, 6.07) is 0. The molecule has 0 heterocycles. The Bertz CT molecular complexity index is 321. The summed E-state index contributed by atoms with van der Waals surface area (Å²) < 4.78 is 0. The number of carboxylic acids is 1. The molecule has 0 bridgehead atoms. The molecule has 0 fully saturated rings. The molecule has 4 heteroatoms. The molecule has 0 aromatic heterocycles. The number of hydrogen-bond donors (Lipinski definition) is 2. The SMILES string of the molecule is CCCCCCCCCCCCC/C=C/C=C(\OO)C(=O)O. The Hall–Kier alpha value is -1.29. The molecular weight excluding hydrogens is 280 g/mol. The lowest BCUT2D eigenvalue weighted by Crippen LogP contribution is -2.01. The van der Waals surface area contributed by atoms with Crippen LogP contribution in [0.15, 0.2) is 24.0 Å². The quantitative estimate of drug-likeness (QED) is 0.102. The number of allylic oxidation sites excluding steroid dienone is 3. The standard InChI is InChI=1S/C18H32O4/c1-2-3-4-5-6-7-8-9-10-11-12-13-14-15-16-17(22-21)18(19)20/h14-16,21H,2-13H2,1H3,(H,19,20)/b15-14+,17-16-. The number of aliphatic carboxylic acids is 1. The number of rotatable bonds is 15. The molecule has 0 unspecified atom stereocenters. The zero-order chi connectivity index (χ0) is 16.5. The summed E-state index contributed by atoms with van der Waals surface area (Å²) in [5.74, 6) is -1.74. The van der Waals surface area contributed by atoms with Crippen LogP contribution in [0.3, 0.4) is 0 Å². The van der Waals surface area contributed by atoms with E-state index >= 15 is 0 Å². The van der Waals surface area contributed by atoms with E-state index in [0.717, 1.165) is 12.8 Å². The molecule has 0 spiro atoms. The first-order valence-corrected chi connectivity index (χ1v) is 8.64. The molecule has 0 aromatic carbocycles. The Labute approximate surface area is 134 Å². The summed E-state index contributed by atoms with van der Waals surface area (Å²) in [6.07, 6.45) is 20.2. The predicted octanol–water partition coefficient (Wildman–Crippen LogP) is 5.70. The van der Waals surface area contributed by atoms with E-state index in [0.29, 0.717) is 0 Å². The Kier molecular flexibility index (Phi) is 15.1. The molecule has 0 rings (SSSR count). The van der Waals surface area contributed by atoms with Crippen LogP contribution in [-0.2, 0) is 9.68 Å². The summed E-state index contributed by atoms with van der Waals surface area (Å²) in [5, 5.41) is 16.9. The summed E-state index contributed by atoms with van der Waals surface area (Å²) in [7, 11) is 0. The van der Waals surface area contributed by atoms with Gasteiger partial charge in [0.25, 0.3) is 0 Å². The molecule has 22 heavy (non-hydrogen) atoms. The van der Waals surface area contributed by atoms with Crippen LogP contribution in [0, 0.1) is 0 Å². The number of carbonyl (C=O) groups is 1. The normalized spacial score (nSPS) is 12.0. The lowest BCUT2D eigenvalue weighted by Gasteiger charge is -2.01. The van der Waals surface area contributed by atoms with Crippen LogP contribution >= 0.6 is 0 Å². The second kappa shape index (κ2) is 16.1. The predicted molar refractivity (Wildman–Crippen MR) is 89.7 cm³/mol. The van der Waals surface area contributed by atoms with Crippen molar-refractivity contribution in [3.63, 3.8) is 0 Å². The Morgan fingerprint density at radius 1 is 0.909 bits per heavy atom. The molecule has 0 aliphatic heterocycles. The molecule has 0 aliphatic carbocycles. The van der Waals surface area contributed by atoms with Crippen LogP contribution in [0.1, 0.15) is 84.0 Å². The van der Waals surface area contributed by atoms with E-state index in [1.165, 1.54) is 70.3 Å². The van der Waals surface area contributed by atoms with Gasteiger partial charge in [-0.25, -0.2) is 10.1 Å². The highest BCUT2D eigenvalue weighted by Gasteiger charge is 2.05. The summed E-state index contributed by atoms with van der Waals surface area (Å²) in [4.78, 5) is 14.2. The fourth-order valence-corrected chi connectivity index (χ4v) is 2.32. The molecule has 0 aromatic rings. The Morgan fingerprint density at radius 3 is 1.86 bits per heavy atom. The average molecular weight is 312 g/mol. The van der Waals surface area contributed by atoms with Crippen LogP contribution in [0.5, 0.6) is 0 Å². The van der Waals surface area contributed by atoms with Crippen LogP contribution in [0.2, 0.25) is 0 Å². The lowest BCUT2D eigenvalue weighted by atomic mass is 10.1. The summed E-state index contributed by atoms with van der Waals surface area (Å²) in [5.41, 5.74) is 0. The molecule has 4 nitrogen and oxygen atoms in total. The topological polar surface area (TPSA) is 66.8 Å². The highest BCUT2D eigenvalue weighted by molar-refractivity contribution is 5.84. The highest BCUT2D eigenvalue weighted by atomic mass is 17.1. The van der Waals surface area contributed by atoms with Gasteiger partial charge in [-0.15, -0.1) is 0 Å². The van der Waals surface area contributed by atoms with Gasteiger partial charge in [-0.05, 0) is 18.9 Å². The van der Waals surface area contributed by atoms with Crippen molar-refractivity contribution in [3.8, 4) is 0 Å². The summed E-state index contributed by atoms with van der Waals surface area (Å²) in [6.45, 7) is 2.25. The molecule has 128 valence electrons. The van der Waals surface area contributed by atoms with Gasteiger partial charge < -0.3 is 9.99 Å². The van der Waals surface area contributed by atoms with E-state index < -0.39 is 11.7 Å². The van der Waals surface area contributed by atoms with Crippen molar-refractivity contribution in [2.75, 3.05) is 0 Å². The first-order valence-electron chi connectivity index (χ1n) is 8.64. The van der Waals surface area contributed by atoms with Crippen LogP contribution in [0.4, 0.5) is 0 Å². The minimum atomic E-state index is -1.28. The molecule has 0 saturated heterocycles. The van der Waals surface area contributed by atoms with E-state index in [-0.39, 0.29) is 0 Å². The van der Waals surface area contributed by atoms with E-state index in [1.54, 1.807) is 6.08 Å². The minimum absolute atomic E-state index is 0.463. The van der Waals surface area contributed by atoms with Crippen LogP contribution in [-0.4, -0.2) is 16.3 Å². The second-order valence-electron chi connectivity index (χ2n) is 5.68. The molecule has 0 amide bonds. The zero-order valence-corrected chi connectivity index (χ0v) is 13.9. The average Bonchev–Trinajstić information content (AvgIpc) is 2.51. The Balaban J connectivity index is 3.35. The molecule has 0 radical (unpaired) electrons. The van der Waals surface area contributed by atoms with Gasteiger partial charge in [-0.3, -0.25) is 0 Å². The number of carboxylic acid groups (broad SMARTS) is 1. The van der Waals surface area contributed by atoms with Gasteiger partial charge in [0.15, 0.2) is 0 Å². The fourth-order valence-electron chi connectivity index (χ4n) is 2.32. The maximum atomic E-state index is 10.5. The van der Waals surface area contributed by atoms with Crippen molar-refractivity contribution >= 4 is 5.97 Å². The lowest BCUT2D eigenvalue weighted by molar-refractivity contribution is -0.210. The maximum Gasteiger partial charge on any atom is 0.375 e. The Morgan fingerprint density at radius 2 is 1.41 bits per heavy atom. The van der Waals surface area contributed by atoms with E-state index in [9.17, 15) is 4.79 Å². The first kappa shape index (κ1) is 20.7. The third kappa shape index (κ3) is 13.7. The number of unbranched alkanes of at least 4 members (excludes halogenated alkanes) is 11. The minimum Gasteiger partial charge on any atom is -0.475 e. The van der Waals surface area contributed by atoms with Crippen molar-refractivity contribution in [1.82, 2.24) is 0 Å². The third-order valence-electron chi connectivity index (χ3n) is 3.67. The van der Waals surface area contributed by atoms with Crippen LogP contribution < -0.4 is 0 Å². The molecule has 2 N–H and O–H groups in total. The third-order valence-corrected chi connectivity index (χ3v) is 3.67. The first-order chi connectivity index (χ1) is 10.7. The van der Waals surface area contributed by atoms with Gasteiger partial charge in [-0.1, -0.05) is 83.3 Å². The van der Waals surface area contributed by atoms with E-state index in [2.05, 4.69) is 11.8 Å². The highest BCUT2D eigenvalue weighted by Crippen LogP contribution is 2.12. The second-order valence-corrected chi connectivity index (χ2v) is 5.68. The maximum absolute atomic E-state index is 10.5.